The van der Waals surface area contributed by atoms with E-state index in [1.54, 1.807) is 6.07 Å². The first-order valence-corrected chi connectivity index (χ1v) is 9.10. The highest BCUT2D eigenvalue weighted by Crippen LogP contribution is 2.34. The average molecular weight is 354 g/mol. The number of fused-ring (bicyclic) bond motifs is 1. The maximum absolute atomic E-state index is 14.3. The van der Waals surface area contributed by atoms with Crippen molar-refractivity contribution in [1.82, 2.24) is 9.47 Å². The van der Waals surface area contributed by atoms with Crippen LogP contribution in [0.2, 0.25) is 0 Å². The van der Waals surface area contributed by atoms with Crippen LogP contribution >= 0.6 is 0 Å². The Bertz CT molecular complexity index is 869. The molecule has 0 spiro atoms. The number of ether oxygens (including phenoxy) is 1. The van der Waals surface area contributed by atoms with E-state index >= 15 is 0 Å². The van der Waals surface area contributed by atoms with Crippen LogP contribution in [0.25, 0.3) is 10.9 Å². The standard InChI is InChI=1S/C22H27FN2O/c1-16(2)25-14-18(10-11-24(3)4)22-20(25)12-19(23)13-21(22)26-15-17-8-6-5-7-9-17/h5-9,12-14,16H,10-11,15H2,1-4H3. The zero-order valence-corrected chi connectivity index (χ0v) is 16.0. The lowest BCUT2D eigenvalue weighted by molar-refractivity contribution is 0.308. The van der Waals surface area contributed by atoms with Gasteiger partial charge < -0.3 is 14.2 Å². The zero-order chi connectivity index (χ0) is 18.7. The minimum Gasteiger partial charge on any atom is -0.488 e. The molecule has 0 aliphatic carbocycles. The number of rotatable bonds is 7. The van der Waals surface area contributed by atoms with Gasteiger partial charge in [-0.25, -0.2) is 4.39 Å². The molecule has 0 bridgehead atoms. The largest absolute Gasteiger partial charge is 0.488 e. The van der Waals surface area contributed by atoms with Crippen LogP contribution in [0, 0.1) is 5.82 Å². The molecular weight excluding hydrogens is 327 g/mol. The summed E-state index contributed by atoms with van der Waals surface area (Å²) in [5.41, 5.74) is 3.17. The Kier molecular flexibility index (Phi) is 5.62. The van der Waals surface area contributed by atoms with E-state index in [1.807, 2.05) is 30.3 Å². The summed E-state index contributed by atoms with van der Waals surface area (Å²) >= 11 is 0. The third-order valence-corrected chi connectivity index (χ3v) is 4.56. The summed E-state index contributed by atoms with van der Waals surface area (Å²) < 4.78 is 22.5. The van der Waals surface area contributed by atoms with Crippen LogP contribution in [-0.4, -0.2) is 30.1 Å². The van der Waals surface area contributed by atoms with Crippen LogP contribution in [0.3, 0.4) is 0 Å². The minimum atomic E-state index is -0.264. The van der Waals surface area contributed by atoms with Gasteiger partial charge in [0.1, 0.15) is 18.2 Å². The maximum atomic E-state index is 14.3. The molecule has 0 unspecified atom stereocenters. The van der Waals surface area contributed by atoms with E-state index in [0.717, 1.165) is 29.4 Å². The normalized spacial score (nSPS) is 11.7. The minimum absolute atomic E-state index is 0.259. The quantitative estimate of drug-likeness (QED) is 0.591. The smallest absolute Gasteiger partial charge is 0.132 e. The number of hydrogen-bond acceptors (Lipinski definition) is 2. The first-order chi connectivity index (χ1) is 12.5. The fraction of sp³-hybridized carbons (Fsp3) is 0.364. The third-order valence-electron chi connectivity index (χ3n) is 4.56. The van der Waals surface area contributed by atoms with Gasteiger partial charge in [-0.2, -0.15) is 0 Å². The van der Waals surface area contributed by atoms with Gasteiger partial charge in [0.15, 0.2) is 0 Å². The van der Waals surface area contributed by atoms with Crippen LogP contribution in [0.4, 0.5) is 4.39 Å². The van der Waals surface area contributed by atoms with Crippen molar-refractivity contribution < 1.29 is 9.13 Å². The van der Waals surface area contributed by atoms with E-state index in [4.69, 9.17) is 4.74 Å². The van der Waals surface area contributed by atoms with Gasteiger partial charge in [0.25, 0.3) is 0 Å². The monoisotopic (exact) mass is 354 g/mol. The van der Waals surface area contributed by atoms with Crippen LogP contribution in [-0.2, 0) is 13.0 Å². The summed E-state index contributed by atoms with van der Waals surface area (Å²) in [4.78, 5) is 2.16. The van der Waals surface area contributed by atoms with Crippen molar-refractivity contribution in [2.24, 2.45) is 0 Å². The molecule has 26 heavy (non-hydrogen) atoms. The summed E-state index contributed by atoms with van der Waals surface area (Å²) in [6.45, 7) is 5.60. The number of likely N-dealkylation sites (N-methyl/N-ethyl adjacent to an activating group) is 1. The summed E-state index contributed by atoms with van der Waals surface area (Å²) in [7, 11) is 4.13. The van der Waals surface area contributed by atoms with Crippen LogP contribution in [0.5, 0.6) is 5.75 Å². The molecule has 0 fully saturated rings. The molecule has 0 radical (unpaired) electrons. The highest BCUT2D eigenvalue weighted by Gasteiger charge is 2.17. The van der Waals surface area contributed by atoms with Crippen molar-refractivity contribution in [3.63, 3.8) is 0 Å². The number of halogens is 1. The molecule has 3 rings (SSSR count). The van der Waals surface area contributed by atoms with Crippen molar-refractivity contribution in [3.8, 4) is 5.75 Å². The Morgan fingerprint density at radius 3 is 2.50 bits per heavy atom. The second-order valence-corrected chi connectivity index (χ2v) is 7.28. The Morgan fingerprint density at radius 1 is 1.12 bits per heavy atom. The lowest BCUT2D eigenvalue weighted by atomic mass is 10.1. The molecule has 0 saturated carbocycles. The van der Waals surface area contributed by atoms with E-state index in [-0.39, 0.29) is 11.9 Å². The van der Waals surface area contributed by atoms with Gasteiger partial charge >= 0.3 is 0 Å². The van der Waals surface area contributed by atoms with Gasteiger partial charge in [0.2, 0.25) is 0 Å². The second-order valence-electron chi connectivity index (χ2n) is 7.28. The van der Waals surface area contributed by atoms with E-state index in [1.165, 1.54) is 11.6 Å². The molecule has 0 saturated heterocycles. The van der Waals surface area contributed by atoms with Crippen molar-refractivity contribution in [1.29, 1.82) is 0 Å². The lowest BCUT2D eigenvalue weighted by Crippen LogP contribution is -2.15. The van der Waals surface area contributed by atoms with Crippen LogP contribution in [0.15, 0.2) is 48.7 Å². The predicted octanol–water partition coefficient (Wildman–Crippen LogP) is 5.04. The molecule has 0 amide bonds. The van der Waals surface area contributed by atoms with E-state index < -0.39 is 0 Å². The molecular formula is C22H27FN2O. The first kappa shape index (κ1) is 18.5. The highest BCUT2D eigenvalue weighted by molar-refractivity contribution is 5.90. The van der Waals surface area contributed by atoms with Gasteiger partial charge in [-0.15, -0.1) is 0 Å². The van der Waals surface area contributed by atoms with Crippen molar-refractivity contribution >= 4 is 10.9 Å². The summed E-state index contributed by atoms with van der Waals surface area (Å²) in [5, 5.41) is 1.03. The zero-order valence-electron chi connectivity index (χ0n) is 16.0. The number of nitrogens with zero attached hydrogens (tertiary/aromatic N) is 2. The Balaban J connectivity index is 2.02. The predicted molar refractivity (Wildman–Crippen MR) is 105 cm³/mol. The maximum Gasteiger partial charge on any atom is 0.132 e. The van der Waals surface area contributed by atoms with Crippen molar-refractivity contribution in [3.05, 3.63) is 65.6 Å². The second kappa shape index (κ2) is 7.92. The first-order valence-electron chi connectivity index (χ1n) is 9.10. The Labute approximate surface area is 155 Å². The fourth-order valence-electron chi connectivity index (χ4n) is 3.21. The van der Waals surface area contributed by atoms with Crippen LogP contribution < -0.4 is 4.74 Å². The Morgan fingerprint density at radius 2 is 1.85 bits per heavy atom. The SMILES string of the molecule is CC(C)n1cc(CCN(C)C)c2c(OCc3ccccc3)cc(F)cc21. The summed E-state index contributed by atoms with van der Waals surface area (Å²) in [6, 6.07) is 13.4. The molecule has 3 nitrogen and oxygen atoms in total. The van der Waals surface area contributed by atoms with E-state index in [0.29, 0.717) is 12.4 Å². The molecule has 3 aromatic rings. The molecule has 1 heterocycles. The molecule has 0 aliphatic rings. The van der Waals surface area contributed by atoms with Crippen molar-refractivity contribution in [2.45, 2.75) is 32.9 Å². The highest BCUT2D eigenvalue weighted by atomic mass is 19.1. The molecule has 138 valence electrons. The number of aromatic nitrogens is 1. The van der Waals surface area contributed by atoms with Gasteiger partial charge in [-0.1, -0.05) is 30.3 Å². The average Bonchev–Trinajstić information content (AvgIpc) is 2.97. The van der Waals surface area contributed by atoms with Crippen molar-refractivity contribution in [2.75, 3.05) is 20.6 Å². The third kappa shape index (κ3) is 4.07. The lowest BCUT2D eigenvalue weighted by Gasteiger charge is -2.12. The number of benzene rings is 2. The number of hydrogen-bond donors (Lipinski definition) is 0. The Hall–Kier alpha value is -2.33. The molecule has 0 N–H and O–H groups in total. The van der Waals surface area contributed by atoms with Gasteiger partial charge in [0.05, 0.1) is 5.52 Å². The summed E-state index contributed by atoms with van der Waals surface area (Å²) in [6.07, 6.45) is 3.05. The molecule has 0 aliphatic heterocycles. The van der Waals surface area contributed by atoms with E-state index in [9.17, 15) is 4.39 Å². The van der Waals surface area contributed by atoms with Gasteiger partial charge in [0, 0.05) is 30.2 Å². The molecule has 2 aromatic carbocycles. The molecule has 4 heteroatoms. The van der Waals surface area contributed by atoms with Crippen LogP contribution in [0.1, 0.15) is 31.0 Å². The van der Waals surface area contributed by atoms with Gasteiger partial charge in [-0.05, 0) is 51.6 Å². The molecule has 1 aromatic heterocycles. The fourth-order valence-corrected chi connectivity index (χ4v) is 3.21. The molecule has 0 atom stereocenters. The topological polar surface area (TPSA) is 17.4 Å². The van der Waals surface area contributed by atoms with E-state index in [2.05, 4.69) is 43.6 Å². The van der Waals surface area contributed by atoms with Gasteiger partial charge in [-0.3, -0.25) is 0 Å². The summed E-state index contributed by atoms with van der Waals surface area (Å²) in [5.74, 6) is 0.358.